The van der Waals surface area contributed by atoms with Crippen molar-refractivity contribution in [2.75, 3.05) is 0 Å². The molecular weight excluding hydrogens is 773 g/mol. The second-order valence-corrected chi connectivity index (χ2v) is 21.1. The number of rotatable bonds is 11. The molecule has 0 unspecified atom stereocenters. The number of aromatic nitrogens is 2. The normalized spacial score (nSPS) is 24.1. The van der Waals surface area contributed by atoms with E-state index in [-0.39, 0.29) is 55.1 Å². The summed E-state index contributed by atoms with van der Waals surface area (Å²) in [5, 5.41) is 26.2. The first-order valence-electron chi connectivity index (χ1n) is 21.8. The quantitative estimate of drug-likeness (QED) is 0.143. The molecular formula is C48H60F4N4O4. The Labute approximate surface area is 350 Å². The van der Waals surface area contributed by atoms with Gasteiger partial charge in [-0.2, -0.15) is 0 Å². The molecule has 4 fully saturated rings. The van der Waals surface area contributed by atoms with Gasteiger partial charge in [0.05, 0.1) is 45.7 Å². The van der Waals surface area contributed by atoms with E-state index in [2.05, 4.69) is 37.1 Å². The number of hydrogen-bond acceptors (Lipinski definition) is 6. The fraction of sp³-hybridized carbons (Fsp3) is 0.625. The first-order chi connectivity index (χ1) is 27.9. The van der Waals surface area contributed by atoms with Crippen molar-refractivity contribution in [3.63, 3.8) is 0 Å². The molecule has 1 amide bonds. The molecule has 2 aromatic carbocycles. The number of imidazole rings is 1. The number of amides is 1. The van der Waals surface area contributed by atoms with Gasteiger partial charge in [0.25, 0.3) is 0 Å². The fourth-order valence-electron chi connectivity index (χ4n) is 10.5. The number of Topliss-reactive ketones (excluding diaryl/α,β-unsaturated/α-hetero) is 1. The third-order valence-electron chi connectivity index (χ3n) is 14.9. The van der Waals surface area contributed by atoms with Crippen LogP contribution in [-0.4, -0.2) is 66.7 Å². The van der Waals surface area contributed by atoms with Crippen LogP contribution in [0.1, 0.15) is 142 Å². The molecule has 1 aliphatic heterocycles. The van der Waals surface area contributed by atoms with E-state index in [1.54, 1.807) is 6.20 Å². The highest BCUT2D eigenvalue weighted by molar-refractivity contribution is 6.02. The van der Waals surface area contributed by atoms with Gasteiger partial charge in [0.1, 0.15) is 11.6 Å². The van der Waals surface area contributed by atoms with E-state index in [4.69, 9.17) is 9.98 Å². The van der Waals surface area contributed by atoms with Crippen molar-refractivity contribution in [1.29, 1.82) is 0 Å². The van der Waals surface area contributed by atoms with Crippen molar-refractivity contribution in [1.82, 2.24) is 15.3 Å². The first kappa shape index (κ1) is 42.8. The molecule has 12 heteroatoms. The summed E-state index contributed by atoms with van der Waals surface area (Å²) in [6, 6.07) is 13.8. The Morgan fingerprint density at radius 2 is 1.23 bits per heavy atom. The Hall–Kier alpha value is -3.90. The van der Waals surface area contributed by atoms with Crippen molar-refractivity contribution in [3.8, 4) is 22.4 Å². The maximum Gasteiger partial charge on any atom is 0.248 e. The summed E-state index contributed by atoms with van der Waals surface area (Å²) in [5.41, 5.74) is 0.845. The number of hydrogen-bond donors (Lipinski definition) is 4. The molecule has 324 valence electrons. The number of aromatic amines is 1. The molecule has 0 saturated heterocycles. The number of carbonyl (C=O) groups excluding carboxylic acids is 2. The van der Waals surface area contributed by atoms with Crippen LogP contribution in [0.15, 0.2) is 53.7 Å². The molecule has 1 aromatic heterocycles. The maximum absolute atomic E-state index is 14.0. The van der Waals surface area contributed by atoms with Gasteiger partial charge in [-0.05, 0) is 96.6 Å². The fourth-order valence-corrected chi connectivity index (χ4v) is 10.5. The predicted octanol–water partition coefficient (Wildman–Crippen LogP) is 10.4. The van der Waals surface area contributed by atoms with Gasteiger partial charge < -0.3 is 20.5 Å². The van der Waals surface area contributed by atoms with Crippen molar-refractivity contribution in [2.24, 2.45) is 26.7 Å². The van der Waals surface area contributed by atoms with Crippen LogP contribution in [0.25, 0.3) is 22.4 Å². The Kier molecular flexibility index (Phi) is 10.2. The smallest absolute Gasteiger partial charge is 0.248 e. The van der Waals surface area contributed by atoms with E-state index in [9.17, 15) is 37.4 Å². The monoisotopic (exact) mass is 832 g/mol. The molecule has 8 rings (SSSR count). The zero-order chi connectivity index (χ0) is 43.3. The van der Waals surface area contributed by atoms with Gasteiger partial charge >= 0.3 is 0 Å². The summed E-state index contributed by atoms with van der Waals surface area (Å²) in [6.07, 6.45) is 2.57. The van der Waals surface area contributed by atoms with Crippen LogP contribution in [0.5, 0.6) is 0 Å². The number of aliphatic hydroxyl groups is 2. The van der Waals surface area contributed by atoms with E-state index < -0.39 is 71.0 Å². The standard InChI is InChI=1S/C48H60F4N4O4/c1-41(2,3)33(27-37(57)43(13-14-43)45(59)17-21-47(49,50)22-18-45)39-53-28-36(55-39)30-9-7-29(8-10-30)31-11-12-34-32(25-31)26-35(54-34)38(42(4,5)6)56-40(58)44(15-16-44)46(60)19-23-48(51,52)24-20-46/h7-12,25,28,33,38,59-60H,13-24,26-27H2,1-6H3,(H,53,55)(H,56,58)/t33-,38-/m1/s1. The summed E-state index contributed by atoms with van der Waals surface area (Å²) < 4.78 is 56.0. The molecule has 0 radical (unpaired) electrons. The zero-order valence-corrected chi connectivity index (χ0v) is 35.8. The lowest BCUT2D eigenvalue weighted by molar-refractivity contribution is -0.157. The third-order valence-corrected chi connectivity index (χ3v) is 14.9. The molecule has 0 spiro atoms. The van der Waals surface area contributed by atoms with Gasteiger partial charge in [0.15, 0.2) is 0 Å². The SMILES string of the molecule is CC(C)(C)[C@H](NC(=O)C1(C2(O)CCC(F)(F)CC2)CC1)C1=Nc2ccc(-c3ccc(-c4cnc([C@@H](CC(=O)C5(C6(O)CCC(F)(F)CC6)CC5)C(C)(C)C)[nH]4)cc3)cc2C1. The largest absolute Gasteiger partial charge is 0.389 e. The van der Waals surface area contributed by atoms with Crippen molar-refractivity contribution >= 4 is 23.1 Å². The Morgan fingerprint density at radius 3 is 1.75 bits per heavy atom. The van der Waals surface area contributed by atoms with Crippen LogP contribution in [0.4, 0.5) is 23.2 Å². The average molecular weight is 833 g/mol. The number of fused-ring (bicyclic) bond motifs is 1. The lowest BCUT2D eigenvalue weighted by atomic mass is 9.67. The molecule has 3 aromatic rings. The van der Waals surface area contributed by atoms with Crippen molar-refractivity contribution in [2.45, 2.75) is 166 Å². The van der Waals surface area contributed by atoms with Crippen LogP contribution in [0, 0.1) is 21.7 Å². The van der Waals surface area contributed by atoms with E-state index >= 15 is 0 Å². The first-order valence-corrected chi connectivity index (χ1v) is 21.8. The van der Waals surface area contributed by atoms with E-state index in [0.717, 1.165) is 39.3 Å². The number of nitrogens with one attached hydrogen (secondary N) is 2. The average Bonchev–Trinajstić information content (AvgIpc) is 4.09. The summed E-state index contributed by atoms with van der Waals surface area (Å²) in [6.45, 7) is 12.3. The van der Waals surface area contributed by atoms with Crippen LogP contribution in [0.3, 0.4) is 0 Å². The molecule has 4 aliphatic carbocycles. The van der Waals surface area contributed by atoms with Crippen LogP contribution in [-0.2, 0) is 16.0 Å². The summed E-state index contributed by atoms with van der Waals surface area (Å²) in [7, 11) is 0. The third kappa shape index (κ3) is 7.77. The topological polar surface area (TPSA) is 128 Å². The Bertz CT molecular complexity index is 2170. The number of carbonyl (C=O) groups is 2. The maximum atomic E-state index is 14.0. The zero-order valence-electron chi connectivity index (χ0n) is 35.8. The van der Waals surface area contributed by atoms with Crippen molar-refractivity contribution in [3.05, 3.63) is 60.0 Å². The summed E-state index contributed by atoms with van der Waals surface area (Å²) in [5.74, 6) is -5.55. The van der Waals surface area contributed by atoms with E-state index in [1.807, 2.05) is 57.2 Å². The van der Waals surface area contributed by atoms with Crippen LogP contribution < -0.4 is 5.32 Å². The van der Waals surface area contributed by atoms with Gasteiger partial charge in [-0.25, -0.2) is 22.5 Å². The molecule has 4 saturated carbocycles. The van der Waals surface area contributed by atoms with Gasteiger partial charge in [-0.3, -0.25) is 14.6 Å². The van der Waals surface area contributed by atoms with Crippen LogP contribution in [0.2, 0.25) is 0 Å². The number of halogens is 4. The Morgan fingerprint density at radius 1 is 0.717 bits per heavy atom. The number of nitrogens with zero attached hydrogens (tertiary/aromatic N) is 2. The molecule has 60 heavy (non-hydrogen) atoms. The van der Waals surface area contributed by atoms with Gasteiger partial charge in [-0.1, -0.05) is 71.9 Å². The molecule has 2 heterocycles. The van der Waals surface area contributed by atoms with E-state index in [0.29, 0.717) is 37.9 Å². The van der Waals surface area contributed by atoms with E-state index in [1.165, 1.54) is 0 Å². The Balaban J connectivity index is 0.937. The number of H-pyrrole nitrogens is 1. The van der Waals surface area contributed by atoms with Gasteiger partial charge in [-0.15, -0.1) is 0 Å². The highest BCUT2D eigenvalue weighted by Gasteiger charge is 2.67. The van der Waals surface area contributed by atoms with Gasteiger partial charge in [0, 0.05) is 50.2 Å². The number of ketones is 1. The summed E-state index contributed by atoms with van der Waals surface area (Å²) >= 11 is 0. The van der Waals surface area contributed by atoms with Crippen LogP contribution >= 0.6 is 0 Å². The molecule has 2 atom stereocenters. The molecule has 0 bridgehead atoms. The lowest BCUT2D eigenvalue weighted by Gasteiger charge is -2.42. The predicted molar refractivity (Wildman–Crippen MR) is 224 cm³/mol. The molecule has 8 nitrogen and oxygen atoms in total. The minimum atomic E-state index is -2.81. The molecule has 4 N–H and O–H groups in total. The minimum Gasteiger partial charge on any atom is -0.389 e. The highest BCUT2D eigenvalue weighted by Crippen LogP contribution is 2.63. The highest BCUT2D eigenvalue weighted by atomic mass is 19.3. The number of alkyl halides is 4. The lowest BCUT2D eigenvalue weighted by Crippen LogP contribution is -2.57. The van der Waals surface area contributed by atoms with Gasteiger partial charge in [0.2, 0.25) is 17.8 Å². The number of aliphatic imine (C=N–C) groups is 1. The summed E-state index contributed by atoms with van der Waals surface area (Å²) in [4.78, 5) is 41.1. The second kappa shape index (κ2) is 14.3. The molecule has 5 aliphatic rings. The van der Waals surface area contributed by atoms with Crippen molar-refractivity contribution < 1.29 is 37.4 Å². The number of benzene rings is 2. The second-order valence-electron chi connectivity index (χ2n) is 21.1. The minimum absolute atomic E-state index is 0.0616.